The highest BCUT2D eigenvalue weighted by molar-refractivity contribution is 5.82. The van der Waals surface area contributed by atoms with E-state index < -0.39 is 34.1 Å². The first-order valence-electron chi connectivity index (χ1n) is 12.6. The number of fused-ring (bicyclic) bond motifs is 1. The summed E-state index contributed by atoms with van der Waals surface area (Å²) in [5.41, 5.74) is 3.28. The monoisotopic (exact) mass is 517 g/mol. The molecule has 0 radical (unpaired) electrons. The van der Waals surface area contributed by atoms with Crippen molar-refractivity contribution < 1.29 is 33.8 Å². The fraction of sp³-hybridized carbons (Fsp3) is 0.300. The zero-order valence-corrected chi connectivity index (χ0v) is 21.8. The van der Waals surface area contributed by atoms with Gasteiger partial charge in [0, 0.05) is 18.5 Å². The van der Waals surface area contributed by atoms with E-state index >= 15 is 0 Å². The molecule has 0 fully saturated rings. The molecule has 0 saturated heterocycles. The quantitative estimate of drug-likeness (QED) is 0.388. The number of carbonyl (C=O) groups is 3. The summed E-state index contributed by atoms with van der Waals surface area (Å²) in [5, 5.41) is 22.7. The Hall–Kier alpha value is -4.17. The number of nitrogens with one attached hydrogen (secondary N) is 1. The van der Waals surface area contributed by atoms with Gasteiger partial charge >= 0.3 is 18.1 Å². The number of benzene rings is 3. The van der Waals surface area contributed by atoms with Crippen molar-refractivity contribution in [1.29, 1.82) is 0 Å². The van der Waals surface area contributed by atoms with Crippen LogP contribution < -0.4 is 5.32 Å². The molecule has 3 aromatic rings. The van der Waals surface area contributed by atoms with Gasteiger partial charge in [-0.25, -0.2) is 4.79 Å². The van der Waals surface area contributed by atoms with Crippen molar-refractivity contribution in [3.05, 3.63) is 89.5 Å². The van der Waals surface area contributed by atoms with E-state index in [0.717, 1.165) is 16.7 Å². The number of phenolic OH excluding ortho intramolecular Hbond substituents is 1. The average molecular weight is 518 g/mol. The van der Waals surface area contributed by atoms with Crippen molar-refractivity contribution >= 4 is 18.1 Å². The average Bonchev–Trinajstić information content (AvgIpc) is 2.87. The molecule has 4 rings (SSSR count). The van der Waals surface area contributed by atoms with E-state index in [4.69, 9.17) is 4.74 Å². The van der Waals surface area contributed by atoms with Crippen LogP contribution in [0.25, 0.3) is 11.1 Å². The number of aliphatic carboxylic acids is 1. The summed E-state index contributed by atoms with van der Waals surface area (Å²) < 4.78 is 4.96. The molecule has 0 aliphatic carbocycles. The Kier molecular flexibility index (Phi) is 7.55. The van der Waals surface area contributed by atoms with Crippen molar-refractivity contribution in [2.75, 3.05) is 13.1 Å². The van der Waals surface area contributed by atoms with Crippen molar-refractivity contribution in [2.24, 2.45) is 0 Å². The number of aromatic hydroxyl groups is 1. The maximum absolute atomic E-state index is 13.6. The van der Waals surface area contributed by atoms with Gasteiger partial charge < -0.3 is 20.3 Å². The molecule has 0 spiro atoms. The van der Waals surface area contributed by atoms with E-state index in [0.29, 0.717) is 17.5 Å². The summed E-state index contributed by atoms with van der Waals surface area (Å²) >= 11 is 0. The van der Waals surface area contributed by atoms with Gasteiger partial charge in [0.1, 0.15) is 24.4 Å². The number of amides is 3. The van der Waals surface area contributed by atoms with E-state index in [-0.39, 0.29) is 25.4 Å². The lowest BCUT2D eigenvalue weighted by molar-refractivity contribution is -0.795. The first-order chi connectivity index (χ1) is 18.0. The molecule has 1 heterocycles. The molecule has 8 nitrogen and oxygen atoms in total. The van der Waals surface area contributed by atoms with Gasteiger partial charge in [0.25, 0.3) is 0 Å². The van der Waals surface area contributed by atoms with Gasteiger partial charge in [0.05, 0.1) is 5.92 Å². The van der Waals surface area contributed by atoms with Crippen LogP contribution in [0.15, 0.2) is 72.8 Å². The molecular weight excluding hydrogens is 484 g/mol. The van der Waals surface area contributed by atoms with E-state index in [1.165, 1.54) is 0 Å². The van der Waals surface area contributed by atoms with Crippen molar-refractivity contribution in [3.8, 4) is 16.9 Å². The van der Waals surface area contributed by atoms with E-state index in [1.807, 2.05) is 42.5 Å². The number of hydrogen-bond acceptors (Lipinski definition) is 5. The second-order valence-corrected chi connectivity index (χ2v) is 10.6. The number of nitrogens with zero attached hydrogens (tertiary/aromatic N) is 1. The Morgan fingerprint density at radius 3 is 2.24 bits per heavy atom. The number of quaternary nitrogens is 1. The molecule has 0 aromatic heterocycles. The lowest BCUT2D eigenvalue weighted by atomic mass is 9.96. The molecule has 0 bridgehead atoms. The van der Waals surface area contributed by atoms with Gasteiger partial charge in [-0.1, -0.05) is 60.7 Å². The Morgan fingerprint density at radius 1 is 0.947 bits per heavy atom. The number of carboxylic acids is 1. The molecule has 3 N–H and O–H groups in total. The number of carboxylic acid groups (broad SMARTS) is 1. The largest absolute Gasteiger partial charge is 0.526 e. The zero-order valence-electron chi connectivity index (χ0n) is 21.8. The first-order valence-corrected chi connectivity index (χ1v) is 12.6. The summed E-state index contributed by atoms with van der Waals surface area (Å²) in [4.78, 5) is 39.2. The Bertz CT molecular complexity index is 1330. The van der Waals surface area contributed by atoms with Crippen molar-refractivity contribution in [2.45, 2.75) is 45.3 Å². The van der Waals surface area contributed by atoms with Crippen LogP contribution in [0.4, 0.5) is 9.59 Å². The molecule has 38 heavy (non-hydrogen) atoms. The van der Waals surface area contributed by atoms with Crippen LogP contribution in [0.1, 0.15) is 43.4 Å². The molecule has 8 heteroatoms. The molecule has 3 amide bonds. The highest BCUT2D eigenvalue weighted by Crippen LogP contribution is 2.31. The predicted octanol–water partition coefficient (Wildman–Crippen LogP) is 5.45. The van der Waals surface area contributed by atoms with Gasteiger partial charge in [0.15, 0.2) is 0 Å². The van der Waals surface area contributed by atoms with Crippen LogP contribution in [0.2, 0.25) is 0 Å². The third kappa shape index (κ3) is 5.86. The van der Waals surface area contributed by atoms with Crippen LogP contribution in [0.3, 0.4) is 0 Å². The minimum atomic E-state index is -1.09. The van der Waals surface area contributed by atoms with Crippen molar-refractivity contribution in [3.63, 3.8) is 0 Å². The summed E-state index contributed by atoms with van der Waals surface area (Å²) in [7, 11) is 0. The van der Waals surface area contributed by atoms with Crippen LogP contribution in [-0.2, 0) is 22.5 Å². The number of phenols is 1. The fourth-order valence-electron chi connectivity index (χ4n) is 4.67. The molecule has 2 unspecified atom stereocenters. The summed E-state index contributed by atoms with van der Waals surface area (Å²) in [6.45, 7) is 5.12. The Balaban J connectivity index is 1.57. The topological polar surface area (TPSA) is 113 Å². The maximum Gasteiger partial charge on any atom is 0.526 e. The highest BCUT2D eigenvalue weighted by Gasteiger charge is 2.50. The second kappa shape index (κ2) is 10.7. The minimum Gasteiger partial charge on any atom is -0.508 e. The number of rotatable bonds is 5. The first kappa shape index (κ1) is 26.9. The van der Waals surface area contributed by atoms with Gasteiger partial charge in [0.2, 0.25) is 0 Å². The lowest BCUT2D eigenvalue weighted by Gasteiger charge is -2.37. The van der Waals surface area contributed by atoms with Crippen molar-refractivity contribution in [1.82, 2.24) is 5.32 Å². The molecular formula is C30H33N2O6+. The molecule has 2 atom stereocenters. The second-order valence-electron chi connectivity index (χ2n) is 10.6. The fourth-order valence-corrected chi connectivity index (χ4v) is 4.67. The predicted molar refractivity (Wildman–Crippen MR) is 143 cm³/mol. The van der Waals surface area contributed by atoms with E-state index in [2.05, 4.69) is 5.32 Å². The standard InChI is InChI=1S/C30H32N2O6/c1-30(2,3)38-29(37)32(16-15-22-13-14-25(33)17-24(22)19-32)28(36)31-18-26(27(34)35)23-11-9-21(10-12-23)20-7-5-4-6-8-20/h4-14,17,26H,15-16,18-19H2,1-3H3,(H2-,31,33,34,35,36)/p+1. The molecule has 1 aliphatic rings. The normalized spacial score (nSPS) is 17.7. The van der Waals surface area contributed by atoms with E-state index in [9.17, 15) is 24.6 Å². The van der Waals surface area contributed by atoms with Gasteiger partial charge in [-0.15, -0.1) is 4.48 Å². The third-order valence-electron chi connectivity index (χ3n) is 6.70. The smallest absolute Gasteiger partial charge is 0.508 e. The maximum atomic E-state index is 13.6. The van der Waals surface area contributed by atoms with E-state index in [1.54, 1.807) is 51.1 Å². The SMILES string of the molecule is CC(C)(C)OC(=O)[N+]1(C(=O)NCC(C(=O)O)c2ccc(-c3ccccc3)cc2)CCc2ccc(O)cc2C1. The molecule has 3 aromatic carbocycles. The summed E-state index contributed by atoms with van der Waals surface area (Å²) in [6.07, 6.45) is -0.297. The van der Waals surface area contributed by atoms with Gasteiger partial charge in [-0.05, 0) is 55.2 Å². The third-order valence-corrected chi connectivity index (χ3v) is 6.70. The summed E-state index contributed by atoms with van der Waals surface area (Å²) in [5.74, 6) is -2.06. The number of ether oxygens (including phenoxy) is 1. The lowest BCUT2D eigenvalue weighted by Crippen LogP contribution is -2.63. The van der Waals surface area contributed by atoms with Gasteiger partial charge in [-0.3, -0.25) is 4.79 Å². The molecule has 1 aliphatic heterocycles. The summed E-state index contributed by atoms with van der Waals surface area (Å²) in [6, 6.07) is 21.2. The number of carbonyl (C=O) groups excluding carboxylic acids is 2. The number of hydrogen-bond donors (Lipinski definition) is 3. The Morgan fingerprint density at radius 2 is 1.61 bits per heavy atom. The molecule has 198 valence electrons. The number of imide groups is 1. The zero-order chi connectivity index (χ0) is 27.5. The van der Waals surface area contributed by atoms with Crippen LogP contribution >= 0.6 is 0 Å². The van der Waals surface area contributed by atoms with Gasteiger partial charge in [-0.2, -0.15) is 4.79 Å². The minimum absolute atomic E-state index is 0.00596. The number of urea groups is 1. The van der Waals surface area contributed by atoms with Crippen LogP contribution in [0.5, 0.6) is 5.75 Å². The van der Waals surface area contributed by atoms with Crippen LogP contribution in [0, 0.1) is 0 Å². The Labute approximate surface area is 222 Å². The highest BCUT2D eigenvalue weighted by atomic mass is 16.6. The van der Waals surface area contributed by atoms with Crippen LogP contribution in [-0.4, -0.2) is 51.5 Å². The molecule has 0 saturated carbocycles.